The second kappa shape index (κ2) is 9.19. The standard InChI is InChI=1S/C24H26N4O4S/c1-16-8-6-7-11-21(16)28-22(19-14-33(31,32)15-20(19)27-28)26-24(30)23(29)25-17(2)12-13-18-9-4-3-5-10-18/h3-11,17H,12-15H2,1-2H3,(H,25,29)(H,26,30). The number of anilines is 1. The minimum absolute atomic E-state index is 0.188. The Balaban J connectivity index is 1.50. The minimum Gasteiger partial charge on any atom is -0.345 e. The molecular weight excluding hydrogens is 440 g/mol. The van der Waals surface area contributed by atoms with Gasteiger partial charge in [0.1, 0.15) is 5.82 Å². The maximum atomic E-state index is 12.7. The van der Waals surface area contributed by atoms with Crippen molar-refractivity contribution < 1.29 is 18.0 Å². The number of amides is 2. The van der Waals surface area contributed by atoms with Gasteiger partial charge in [0.15, 0.2) is 9.84 Å². The van der Waals surface area contributed by atoms with Gasteiger partial charge < -0.3 is 10.6 Å². The molecule has 0 saturated carbocycles. The van der Waals surface area contributed by atoms with Gasteiger partial charge in [-0.3, -0.25) is 9.59 Å². The van der Waals surface area contributed by atoms with Crippen LogP contribution in [-0.4, -0.2) is 36.1 Å². The van der Waals surface area contributed by atoms with Crippen LogP contribution in [0, 0.1) is 6.92 Å². The zero-order valence-corrected chi connectivity index (χ0v) is 19.4. The number of fused-ring (bicyclic) bond motifs is 1. The van der Waals surface area contributed by atoms with Gasteiger partial charge in [-0.1, -0.05) is 48.5 Å². The lowest BCUT2D eigenvalue weighted by Crippen LogP contribution is -2.41. The molecule has 1 unspecified atom stereocenters. The summed E-state index contributed by atoms with van der Waals surface area (Å²) in [6, 6.07) is 17.1. The third-order valence-corrected chi connectivity index (χ3v) is 7.10. The fourth-order valence-electron chi connectivity index (χ4n) is 3.90. The summed E-state index contributed by atoms with van der Waals surface area (Å²) in [7, 11) is -3.33. The molecule has 1 aliphatic rings. The zero-order valence-electron chi connectivity index (χ0n) is 18.5. The molecule has 1 aliphatic heterocycles. The normalized spacial score (nSPS) is 15.0. The predicted molar refractivity (Wildman–Crippen MR) is 126 cm³/mol. The third kappa shape index (κ3) is 5.14. The van der Waals surface area contributed by atoms with Crippen molar-refractivity contribution in [3.8, 4) is 5.69 Å². The van der Waals surface area contributed by atoms with E-state index < -0.39 is 21.7 Å². The second-order valence-corrected chi connectivity index (χ2v) is 10.4. The molecule has 8 nitrogen and oxygen atoms in total. The number of rotatable bonds is 6. The summed E-state index contributed by atoms with van der Waals surface area (Å²) in [5.41, 5.74) is 3.58. The number of hydrogen-bond donors (Lipinski definition) is 2. The number of carbonyl (C=O) groups is 2. The van der Waals surface area contributed by atoms with E-state index in [4.69, 9.17) is 0 Å². The van der Waals surface area contributed by atoms with Crippen LogP contribution < -0.4 is 10.6 Å². The molecule has 0 radical (unpaired) electrons. The van der Waals surface area contributed by atoms with Crippen LogP contribution in [-0.2, 0) is 37.4 Å². The van der Waals surface area contributed by atoms with Crippen LogP contribution >= 0.6 is 0 Å². The van der Waals surface area contributed by atoms with E-state index >= 15 is 0 Å². The predicted octanol–water partition coefficient (Wildman–Crippen LogP) is 2.69. The highest BCUT2D eigenvalue weighted by molar-refractivity contribution is 7.90. The van der Waals surface area contributed by atoms with E-state index in [2.05, 4.69) is 15.7 Å². The van der Waals surface area contributed by atoms with Crippen molar-refractivity contribution in [2.75, 3.05) is 5.32 Å². The van der Waals surface area contributed by atoms with Crippen molar-refractivity contribution in [1.82, 2.24) is 15.1 Å². The zero-order chi connectivity index (χ0) is 23.6. The van der Waals surface area contributed by atoms with Crippen molar-refractivity contribution in [3.63, 3.8) is 0 Å². The van der Waals surface area contributed by atoms with E-state index in [9.17, 15) is 18.0 Å². The van der Waals surface area contributed by atoms with Crippen molar-refractivity contribution in [2.45, 2.75) is 44.2 Å². The summed E-state index contributed by atoms with van der Waals surface area (Å²) >= 11 is 0. The topological polar surface area (TPSA) is 110 Å². The molecule has 33 heavy (non-hydrogen) atoms. The summed E-state index contributed by atoms with van der Waals surface area (Å²) in [6.45, 7) is 3.74. The molecule has 9 heteroatoms. The fourth-order valence-corrected chi connectivity index (χ4v) is 5.39. The Labute approximate surface area is 192 Å². The molecule has 1 aromatic heterocycles. The number of nitrogens with one attached hydrogen (secondary N) is 2. The quantitative estimate of drug-likeness (QED) is 0.543. The molecule has 0 bridgehead atoms. The van der Waals surface area contributed by atoms with E-state index in [-0.39, 0.29) is 23.4 Å². The van der Waals surface area contributed by atoms with Crippen molar-refractivity contribution in [2.24, 2.45) is 0 Å². The molecule has 1 atom stereocenters. The molecule has 4 rings (SSSR count). The molecule has 2 amide bonds. The number of sulfone groups is 1. The first-order chi connectivity index (χ1) is 15.7. The Bertz CT molecular complexity index is 1300. The van der Waals surface area contributed by atoms with Crippen molar-refractivity contribution >= 4 is 27.5 Å². The molecule has 2 aromatic carbocycles. The van der Waals surface area contributed by atoms with E-state index in [1.165, 1.54) is 4.68 Å². The monoisotopic (exact) mass is 466 g/mol. The first-order valence-corrected chi connectivity index (χ1v) is 12.6. The molecular formula is C24H26N4O4S. The van der Waals surface area contributed by atoms with E-state index in [1.807, 2.05) is 68.4 Å². The average molecular weight is 467 g/mol. The Morgan fingerprint density at radius 3 is 2.45 bits per heavy atom. The summed E-state index contributed by atoms with van der Waals surface area (Å²) < 4.78 is 25.8. The maximum Gasteiger partial charge on any atom is 0.314 e. The largest absolute Gasteiger partial charge is 0.345 e. The highest BCUT2D eigenvalue weighted by Crippen LogP contribution is 2.33. The van der Waals surface area contributed by atoms with E-state index in [0.717, 1.165) is 17.5 Å². The molecule has 0 spiro atoms. The molecule has 0 fully saturated rings. The number of carbonyl (C=O) groups excluding carboxylic acids is 2. The van der Waals surface area contributed by atoms with Gasteiger partial charge in [0.25, 0.3) is 0 Å². The minimum atomic E-state index is -3.33. The van der Waals surface area contributed by atoms with Crippen LogP contribution in [0.3, 0.4) is 0 Å². The number of aromatic nitrogens is 2. The molecule has 172 valence electrons. The van der Waals surface area contributed by atoms with Gasteiger partial charge in [0.2, 0.25) is 0 Å². The SMILES string of the molecule is Cc1ccccc1-n1nc2c(c1NC(=O)C(=O)NC(C)CCc1ccccc1)CS(=O)(=O)C2. The smallest absolute Gasteiger partial charge is 0.314 e. The summed E-state index contributed by atoms with van der Waals surface area (Å²) in [5, 5.41) is 9.78. The van der Waals surface area contributed by atoms with Crippen LogP contribution in [0.25, 0.3) is 5.69 Å². The lowest BCUT2D eigenvalue weighted by molar-refractivity contribution is -0.136. The Morgan fingerprint density at radius 1 is 1.03 bits per heavy atom. The second-order valence-electron chi connectivity index (χ2n) is 8.36. The number of aryl methyl sites for hydroxylation is 2. The molecule has 2 N–H and O–H groups in total. The van der Waals surface area contributed by atoms with Crippen molar-refractivity contribution in [1.29, 1.82) is 0 Å². The van der Waals surface area contributed by atoms with Crippen molar-refractivity contribution in [3.05, 3.63) is 77.0 Å². The Hall–Kier alpha value is -3.46. The summed E-state index contributed by atoms with van der Waals surface area (Å²) in [6.07, 6.45) is 1.45. The van der Waals surface area contributed by atoms with Gasteiger partial charge in [0, 0.05) is 11.6 Å². The molecule has 0 saturated heterocycles. The van der Waals surface area contributed by atoms with Gasteiger partial charge in [-0.2, -0.15) is 5.10 Å². The third-order valence-electron chi connectivity index (χ3n) is 5.66. The average Bonchev–Trinajstić information content (AvgIpc) is 3.25. The van der Waals surface area contributed by atoms with Crippen LogP contribution in [0.5, 0.6) is 0 Å². The van der Waals surface area contributed by atoms with E-state index in [0.29, 0.717) is 23.4 Å². The number of hydrogen-bond acceptors (Lipinski definition) is 5. The van der Waals surface area contributed by atoms with Gasteiger partial charge in [0.05, 0.1) is 22.9 Å². The van der Waals surface area contributed by atoms with Gasteiger partial charge in [-0.15, -0.1) is 0 Å². The van der Waals surface area contributed by atoms with Crippen LogP contribution in [0.4, 0.5) is 5.82 Å². The Kier molecular flexibility index (Phi) is 6.33. The maximum absolute atomic E-state index is 12.7. The molecule has 3 aromatic rings. The van der Waals surface area contributed by atoms with Gasteiger partial charge in [-0.05, 0) is 43.9 Å². The van der Waals surface area contributed by atoms with Crippen LogP contribution in [0.15, 0.2) is 54.6 Å². The van der Waals surface area contributed by atoms with Gasteiger partial charge >= 0.3 is 11.8 Å². The first kappa shape index (κ1) is 22.7. The van der Waals surface area contributed by atoms with E-state index in [1.54, 1.807) is 0 Å². The Morgan fingerprint density at radius 2 is 1.73 bits per heavy atom. The van der Waals surface area contributed by atoms with Crippen LogP contribution in [0.1, 0.15) is 35.7 Å². The summed E-state index contributed by atoms with van der Waals surface area (Å²) in [5.74, 6) is -1.82. The summed E-state index contributed by atoms with van der Waals surface area (Å²) in [4.78, 5) is 25.3. The highest BCUT2D eigenvalue weighted by Gasteiger charge is 2.34. The lowest BCUT2D eigenvalue weighted by atomic mass is 10.1. The first-order valence-electron chi connectivity index (χ1n) is 10.8. The molecule has 0 aliphatic carbocycles. The van der Waals surface area contributed by atoms with Gasteiger partial charge in [-0.25, -0.2) is 13.1 Å². The molecule has 2 heterocycles. The lowest BCUT2D eigenvalue weighted by Gasteiger charge is -2.15. The highest BCUT2D eigenvalue weighted by atomic mass is 32.2. The number of para-hydroxylation sites is 1. The number of benzene rings is 2. The fraction of sp³-hybridized carbons (Fsp3) is 0.292. The van der Waals surface area contributed by atoms with Crippen LogP contribution in [0.2, 0.25) is 0 Å². The number of nitrogens with zero attached hydrogens (tertiary/aromatic N) is 2.